The molecule has 0 aliphatic heterocycles. The van der Waals surface area contributed by atoms with Crippen LogP contribution in [0.3, 0.4) is 0 Å². The van der Waals surface area contributed by atoms with E-state index in [1.54, 1.807) is 7.05 Å². The third-order valence-corrected chi connectivity index (χ3v) is 4.31. The summed E-state index contributed by atoms with van der Waals surface area (Å²) >= 11 is 0. The number of fused-ring (bicyclic) bond motifs is 1. The highest BCUT2D eigenvalue weighted by molar-refractivity contribution is 5.78. The molecular weight excluding hydrogens is 236 g/mol. The molecule has 1 aromatic carbocycles. The van der Waals surface area contributed by atoms with Crippen LogP contribution in [-0.2, 0) is 11.2 Å². The first kappa shape index (κ1) is 12.3. The number of carbonyl (C=O) groups is 1. The normalized spacial score (nSPS) is 27.5. The third-order valence-electron chi connectivity index (χ3n) is 4.31. The van der Waals surface area contributed by atoms with Crippen molar-refractivity contribution in [2.24, 2.45) is 11.8 Å². The summed E-state index contributed by atoms with van der Waals surface area (Å²) in [7, 11) is 1.67. The predicted octanol–water partition coefficient (Wildman–Crippen LogP) is 2.35. The molecule has 3 rings (SSSR count). The minimum absolute atomic E-state index is 0.0543. The lowest BCUT2D eigenvalue weighted by atomic mass is 9.71. The molecule has 1 amide bonds. The van der Waals surface area contributed by atoms with Crippen LogP contribution < -0.4 is 10.6 Å². The van der Waals surface area contributed by atoms with Gasteiger partial charge in [0.25, 0.3) is 0 Å². The minimum Gasteiger partial charge on any atom is -0.382 e. The second-order valence-electron chi connectivity index (χ2n) is 5.53. The van der Waals surface area contributed by atoms with Gasteiger partial charge >= 0.3 is 0 Å². The lowest BCUT2D eigenvalue weighted by Crippen LogP contribution is -2.43. The first-order valence-electron chi connectivity index (χ1n) is 6.99. The number of amides is 1. The van der Waals surface area contributed by atoms with E-state index in [9.17, 15) is 4.79 Å². The molecule has 3 nitrogen and oxygen atoms in total. The zero-order valence-corrected chi connectivity index (χ0v) is 11.2. The summed E-state index contributed by atoms with van der Waals surface area (Å²) in [6.45, 7) is 0. The zero-order valence-electron chi connectivity index (χ0n) is 11.2. The summed E-state index contributed by atoms with van der Waals surface area (Å²) < 4.78 is 0. The predicted molar refractivity (Wildman–Crippen MR) is 77.0 cm³/mol. The molecule has 100 valence electrons. The number of benzene rings is 1. The van der Waals surface area contributed by atoms with E-state index in [0.717, 1.165) is 23.1 Å². The Bertz CT molecular complexity index is 492. The maximum Gasteiger partial charge on any atom is 0.224 e. The van der Waals surface area contributed by atoms with E-state index in [0.29, 0.717) is 12.5 Å². The van der Waals surface area contributed by atoms with Crippen molar-refractivity contribution < 1.29 is 4.79 Å². The van der Waals surface area contributed by atoms with Crippen LogP contribution in [0.4, 0.5) is 5.69 Å². The molecule has 2 aliphatic rings. The summed E-state index contributed by atoms with van der Waals surface area (Å²) in [6, 6.07) is 8.79. The van der Waals surface area contributed by atoms with E-state index in [-0.39, 0.29) is 5.91 Å². The molecule has 0 aromatic heterocycles. The van der Waals surface area contributed by atoms with Crippen LogP contribution in [-0.4, -0.2) is 19.0 Å². The fraction of sp³-hybridized carbons (Fsp3) is 0.438. The lowest BCUT2D eigenvalue weighted by molar-refractivity contribution is -0.119. The summed E-state index contributed by atoms with van der Waals surface area (Å²) in [5, 5.41) is 6.23. The maximum atomic E-state index is 11.3. The number of hydrogen-bond acceptors (Lipinski definition) is 2. The molecule has 2 N–H and O–H groups in total. The SMILES string of the molecule is CNC(=O)Cc1ccc(NC2CC3CC=CC32)cc1. The minimum atomic E-state index is 0.0543. The number of anilines is 1. The summed E-state index contributed by atoms with van der Waals surface area (Å²) in [4.78, 5) is 11.3. The van der Waals surface area contributed by atoms with Gasteiger partial charge in [0.2, 0.25) is 5.91 Å². The van der Waals surface area contributed by atoms with E-state index < -0.39 is 0 Å². The van der Waals surface area contributed by atoms with Gasteiger partial charge < -0.3 is 10.6 Å². The average Bonchev–Trinajstić information content (AvgIpc) is 2.79. The van der Waals surface area contributed by atoms with Crippen molar-refractivity contribution in [1.29, 1.82) is 0 Å². The topological polar surface area (TPSA) is 41.1 Å². The van der Waals surface area contributed by atoms with Crippen molar-refractivity contribution in [1.82, 2.24) is 5.32 Å². The Morgan fingerprint density at radius 2 is 2.11 bits per heavy atom. The van der Waals surface area contributed by atoms with Gasteiger partial charge in [-0.05, 0) is 36.5 Å². The fourth-order valence-electron chi connectivity index (χ4n) is 3.09. The molecule has 1 aromatic rings. The van der Waals surface area contributed by atoms with E-state index in [1.807, 2.05) is 12.1 Å². The highest BCUT2D eigenvalue weighted by Crippen LogP contribution is 2.43. The summed E-state index contributed by atoms with van der Waals surface area (Å²) in [6.07, 6.45) is 7.65. The highest BCUT2D eigenvalue weighted by Gasteiger charge is 2.40. The van der Waals surface area contributed by atoms with E-state index in [4.69, 9.17) is 0 Å². The Labute approximate surface area is 114 Å². The third kappa shape index (κ3) is 2.50. The van der Waals surface area contributed by atoms with Crippen molar-refractivity contribution in [3.05, 3.63) is 42.0 Å². The van der Waals surface area contributed by atoms with Crippen LogP contribution in [0.25, 0.3) is 0 Å². The molecule has 0 bridgehead atoms. The molecule has 3 heteroatoms. The van der Waals surface area contributed by atoms with Crippen molar-refractivity contribution >= 4 is 11.6 Å². The Hall–Kier alpha value is -1.77. The number of hydrogen-bond donors (Lipinski definition) is 2. The number of allylic oxidation sites excluding steroid dienone is 1. The van der Waals surface area contributed by atoms with Crippen LogP contribution in [0, 0.1) is 11.8 Å². The van der Waals surface area contributed by atoms with Crippen LogP contribution in [0.2, 0.25) is 0 Å². The van der Waals surface area contributed by atoms with Crippen LogP contribution >= 0.6 is 0 Å². The molecule has 0 saturated heterocycles. The molecule has 1 saturated carbocycles. The van der Waals surface area contributed by atoms with Gasteiger partial charge in [-0.1, -0.05) is 24.3 Å². The first-order chi connectivity index (χ1) is 9.26. The quantitative estimate of drug-likeness (QED) is 0.812. The monoisotopic (exact) mass is 256 g/mol. The molecule has 2 aliphatic carbocycles. The molecule has 19 heavy (non-hydrogen) atoms. The summed E-state index contributed by atoms with van der Waals surface area (Å²) in [5.74, 6) is 1.66. The van der Waals surface area contributed by atoms with Crippen molar-refractivity contribution in [3.8, 4) is 0 Å². The number of nitrogens with one attached hydrogen (secondary N) is 2. The Balaban J connectivity index is 1.57. The van der Waals surface area contributed by atoms with Gasteiger partial charge in [0, 0.05) is 24.7 Å². The fourth-order valence-corrected chi connectivity index (χ4v) is 3.09. The number of rotatable bonds is 4. The molecule has 3 atom stereocenters. The maximum absolute atomic E-state index is 11.3. The second-order valence-corrected chi connectivity index (χ2v) is 5.53. The van der Waals surface area contributed by atoms with Gasteiger partial charge in [0.05, 0.1) is 6.42 Å². The van der Waals surface area contributed by atoms with Crippen LogP contribution in [0.5, 0.6) is 0 Å². The highest BCUT2D eigenvalue weighted by atomic mass is 16.1. The van der Waals surface area contributed by atoms with Gasteiger partial charge in [-0.2, -0.15) is 0 Å². The van der Waals surface area contributed by atoms with Crippen molar-refractivity contribution in [2.45, 2.75) is 25.3 Å². The smallest absolute Gasteiger partial charge is 0.224 e. The standard InChI is InChI=1S/C16H20N2O/c1-17-16(19)9-11-5-7-13(8-6-11)18-15-10-12-3-2-4-14(12)15/h2,4-8,12,14-15,18H,3,9-10H2,1H3,(H,17,19). The molecular formula is C16H20N2O. The Morgan fingerprint density at radius 3 is 2.79 bits per heavy atom. The van der Waals surface area contributed by atoms with Gasteiger partial charge in [-0.25, -0.2) is 0 Å². The molecule has 0 radical (unpaired) electrons. The number of likely N-dealkylation sites (N-methyl/N-ethyl adjacent to an activating group) is 1. The van der Waals surface area contributed by atoms with E-state index in [2.05, 4.69) is 34.9 Å². The van der Waals surface area contributed by atoms with E-state index >= 15 is 0 Å². The number of carbonyl (C=O) groups excluding carboxylic acids is 1. The lowest BCUT2D eigenvalue weighted by Gasteiger charge is -2.41. The summed E-state index contributed by atoms with van der Waals surface area (Å²) in [5.41, 5.74) is 2.21. The van der Waals surface area contributed by atoms with Crippen LogP contribution in [0.15, 0.2) is 36.4 Å². The first-order valence-corrected chi connectivity index (χ1v) is 6.99. The molecule has 1 fully saturated rings. The second kappa shape index (κ2) is 5.08. The zero-order chi connectivity index (χ0) is 13.2. The Kier molecular flexibility index (Phi) is 3.28. The van der Waals surface area contributed by atoms with Crippen molar-refractivity contribution in [2.75, 3.05) is 12.4 Å². The van der Waals surface area contributed by atoms with Crippen molar-refractivity contribution in [3.63, 3.8) is 0 Å². The molecule has 0 heterocycles. The van der Waals surface area contributed by atoms with E-state index in [1.165, 1.54) is 12.8 Å². The van der Waals surface area contributed by atoms with Gasteiger partial charge in [0.1, 0.15) is 0 Å². The largest absolute Gasteiger partial charge is 0.382 e. The average molecular weight is 256 g/mol. The molecule has 0 spiro atoms. The molecule has 3 unspecified atom stereocenters. The van der Waals surface area contributed by atoms with Crippen LogP contribution in [0.1, 0.15) is 18.4 Å². The van der Waals surface area contributed by atoms with Gasteiger partial charge in [-0.15, -0.1) is 0 Å². The van der Waals surface area contributed by atoms with Gasteiger partial charge in [-0.3, -0.25) is 4.79 Å². The Morgan fingerprint density at radius 1 is 1.32 bits per heavy atom. The van der Waals surface area contributed by atoms with Gasteiger partial charge in [0.15, 0.2) is 0 Å².